The number of aliphatic carboxylic acids is 1. The second-order valence-electron chi connectivity index (χ2n) is 3.98. The first-order valence-electron chi connectivity index (χ1n) is 5.54. The van der Waals surface area contributed by atoms with Crippen molar-refractivity contribution in [2.24, 2.45) is 5.73 Å². The molecule has 1 rings (SSSR count). The Kier molecular flexibility index (Phi) is 5.53. The van der Waals surface area contributed by atoms with Crippen LogP contribution in [0.4, 0.5) is 0 Å². The second kappa shape index (κ2) is 6.74. The van der Waals surface area contributed by atoms with Crippen LogP contribution in [0.3, 0.4) is 0 Å². The zero-order chi connectivity index (χ0) is 16.2. The highest BCUT2D eigenvalue weighted by Crippen LogP contribution is 2.26. The van der Waals surface area contributed by atoms with Gasteiger partial charge in [-0.1, -0.05) is 11.6 Å². The van der Waals surface area contributed by atoms with E-state index in [1.807, 2.05) is 4.72 Å². The molecule has 0 spiro atoms. The van der Waals surface area contributed by atoms with Gasteiger partial charge in [0.05, 0.1) is 23.4 Å². The van der Waals surface area contributed by atoms with Crippen molar-refractivity contribution >= 4 is 33.5 Å². The van der Waals surface area contributed by atoms with Gasteiger partial charge in [0.15, 0.2) is 0 Å². The number of methoxy groups -OCH3 is 1. The maximum absolute atomic E-state index is 12.1. The zero-order valence-electron chi connectivity index (χ0n) is 10.9. The molecule has 4 N–H and O–H groups in total. The third kappa shape index (κ3) is 4.59. The molecule has 1 aromatic rings. The van der Waals surface area contributed by atoms with Gasteiger partial charge in [0.25, 0.3) is 0 Å². The molecule has 0 unspecified atom stereocenters. The van der Waals surface area contributed by atoms with E-state index in [0.29, 0.717) is 0 Å². The molecule has 0 aromatic heterocycles. The van der Waals surface area contributed by atoms with E-state index < -0.39 is 34.4 Å². The number of ether oxygens (including phenoxy) is 1. The van der Waals surface area contributed by atoms with Crippen LogP contribution in [0.1, 0.15) is 6.42 Å². The van der Waals surface area contributed by atoms with Gasteiger partial charge in [0.2, 0.25) is 15.9 Å². The third-order valence-electron chi connectivity index (χ3n) is 2.43. The number of halogens is 1. The molecule has 116 valence electrons. The van der Waals surface area contributed by atoms with E-state index >= 15 is 0 Å². The molecule has 1 aromatic carbocycles. The fourth-order valence-corrected chi connectivity index (χ4v) is 2.99. The number of carboxylic acids is 1. The first kappa shape index (κ1) is 17.2. The minimum absolute atomic E-state index is 0.0437. The molecule has 10 heteroatoms. The van der Waals surface area contributed by atoms with Crippen LogP contribution in [0.5, 0.6) is 5.75 Å². The highest BCUT2D eigenvalue weighted by Gasteiger charge is 2.27. The Labute approximate surface area is 125 Å². The molecule has 21 heavy (non-hydrogen) atoms. The van der Waals surface area contributed by atoms with Crippen LogP contribution < -0.4 is 15.2 Å². The number of sulfonamides is 1. The van der Waals surface area contributed by atoms with Crippen LogP contribution in [-0.2, 0) is 19.6 Å². The number of carboxylic acid groups (broad SMARTS) is 1. The fourth-order valence-electron chi connectivity index (χ4n) is 1.45. The van der Waals surface area contributed by atoms with E-state index in [0.717, 1.165) is 6.07 Å². The van der Waals surface area contributed by atoms with Crippen molar-refractivity contribution in [3.05, 3.63) is 23.2 Å². The summed E-state index contributed by atoms with van der Waals surface area (Å²) >= 11 is 5.81. The highest BCUT2D eigenvalue weighted by atomic mass is 35.5. The second-order valence-corrected chi connectivity index (χ2v) is 6.10. The van der Waals surface area contributed by atoms with E-state index in [9.17, 15) is 18.0 Å². The van der Waals surface area contributed by atoms with Gasteiger partial charge >= 0.3 is 5.97 Å². The van der Waals surface area contributed by atoms with Gasteiger partial charge in [-0.15, -0.1) is 0 Å². The van der Waals surface area contributed by atoms with Gasteiger partial charge in [0.1, 0.15) is 11.8 Å². The van der Waals surface area contributed by atoms with Crippen molar-refractivity contribution in [3.63, 3.8) is 0 Å². The van der Waals surface area contributed by atoms with Gasteiger partial charge in [-0.25, -0.2) is 8.42 Å². The monoisotopic (exact) mass is 336 g/mol. The molecular weight excluding hydrogens is 324 g/mol. The summed E-state index contributed by atoms with van der Waals surface area (Å²) in [5, 5.41) is 8.93. The van der Waals surface area contributed by atoms with Crippen molar-refractivity contribution in [1.82, 2.24) is 4.72 Å². The first-order chi connectivity index (χ1) is 9.67. The molecule has 0 radical (unpaired) electrons. The Bertz CT molecular complexity index is 661. The predicted octanol–water partition coefficient (Wildman–Crippen LogP) is -0.0445. The van der Waals surface area contributed by atoms with Crippen LogP contribution in [0.25, 0.3) is 0 Å². The van der Waals surface area contributed by atoms with Gasteiger partial charge < -0.3 is 15.6 Å². The summed E-state index contributed by atoms with van der Waals surface area (Å²) < 4.78 is 30.9. The molecule has 0 aliphatic rings. The molecule has 0 heterocycles. The van der Waals surface area contributed by atoms with Gasteiger partial charge in [-0.05, 0) is 18.2 Å². The van der Waals surface area contributed by atoms with E-state index in [1.165, 1.54) is 19.2 Å². The highest BCUT2D eigenvalue weighted by molar-refractivity contribution is 7.89. The number of amides is 1. The quantitative estimate of drug-likeness (QED) is 0.639. The topological polar surface area (TPSA) is 136 Å². The molecular formula is C11H13ClN2O6S. The molecule has 1 atom stereocenters. The number of carbonyl (C=O) groups is 2. The number of primary amides is 1. The van der Waals surface area contributed by atoms with Crippen molar-refractivity contribution in [1.29, 1.82) is 0 Å². The lowest BCUT2D eigenvalue weighted by molar-refractivity contribution is -0.140. The maximum atomic E-state index is 12.1. The van der Waals surface area contributed by atoms with E-state index in [4.69, 9.17) is 27.2 Å². The van der Waals surface area contributed by atoms with Crippen molar-refractivity contribution in [3.8, 4) is 5.75 Å². The Morgan fingerprint density at radius 2 is 2.10 bits per heavy atom. The minimum atomic E-state index is -4.18. The normalized spacial score (nSPS) is 12.7. The molecule has 8 nitrogen and oxygen atoms in total. The maximum Gasteiger partial charge on any atom is 0.322 e. The number of nitrogens with one attached hydrogen (secondary N) is 1. The first-order valence-corrected chi connectivity index (χ1v) is 7.40. The average Bonchev–Trinajstić information content (AvgIpc) is 2.36. The molecule has 0 saturated heterocycles. The molecule has 0 aliphatic carbocycles. The lowest BCUT2D eigenvalue weighted by Crippen LogP contribution is -2.43. The number of carbonyl (C=O) groups excluding carboxylic acids is 1. The third-order valence-corrected chi connectivity index (χ3v) is 4.20. The number of benzene rings is 1. The lowest BCUT2D eigenvalue weighted by Gasteiger charge is -2.14. The molecule has 0 saturated carbocycles. The number of hydrogen-bond acceptors (Lipinski definition) is 5. The van der Waals surface area contributed by atoms with Crippen LogP contribution in [0.2, 0.25) is 5.02 Å². The summed E-state index contributed by atoms with van der Waals surface area (Å²) in [5.41, 5.74) is 4.88. The largest absolute Gasteiger partial charge is 0.495 e. The number of rotatable bonds is 7. The van der Waals surface area contributed by atoms with E-state index in [-0.39, 0.29) is 15.7 Å². The Hall–Kier alpha value is -1.84. The summed E-state index contributed by atoms with van der Waals surface area (Å²) in [5.74, 6) is -2.20. The van der Waals surface area contributed by atoms with Crippen molar-refractivity contribution in [2.45, 2.75) is 17.4 Å². The van der Waals surface area contributed by atoms with Crippen LogP contribution in [0, 0.1) is 0 Å². The van der Waals surface area contributed by atoms with Crippen LogP contribution in [0.15, 0.2) is 23.1 Å². The van der Waals surface area contributed by atoms with Gasteiger partial charge in [-0.2, -0.15) is 4.72 Å². The minimum Gasteiger partial charge on any atom is -0.495 e. The molecule has 0 aliphatic heterocycles. The van der Waals surface area contributed by atoms with E-state index in [2.05, 4.69) is 0 Å². The van der Waals surface area contributed by atoms with Gasteiger partial charge in [-0.3, -0.25) is 9.59 Å². The van der Waals surface area contributed by atoms with E-state index in [1.54, 1.807) is 0 Å². The standard InChI is InChI=1S/C11H13ClN2O6S/c1-20-9-3-2-6(4-7(9)12)21(18,19)14-8(11(16)17)5-10(13)15/h2-4,8,14H,5H2,1H3,(H2,13,15)(H,16,17)/t8-/m0/s1. The van der Waals surface area contributed by atoms with Gasteiger partial charge in [0, 0.05) is 0 Å². The van der Waals surface area contributed by atoms with Crippen molar-refractivity contribution in [2.75, 3.05) is 7.11 Å². The average molecular weight is 337 g/mol. The Morgan fingerprint density at radius 3 is 2.52 bits per heavy atom. The zero-order valence-corrected chi connectivity index (χ0v) is 12.4. The van der Waals surface area contributed by atoms with Crippen molar-refractivity contribution < 1.29 is 27.9 Å². The number of hydrogen-bond donors (Lipinski definition) is 3. The molecule has 0 fully saturated rings. The van der Waals surface area contributed by atoms with Crippen LogP contribution in [-0.4, -0.2) is 38.6 Å². The van der Waals surface area contributed by atoms with Crippen LogP contribution >= 0.6 is 11.6 Å². The number of nitrogens with two attached hydrogens (primary N) is 1. The molecule has 0 bridgehead atoms. The summed E-state index contributed by atoms with van der Waals surface area (Å²) in [6.45, 7) is 0. The summed E-state index contributed by atoms with van der Waals surface area (Å²) in [6.07, 6.45) is -0.668. The summed E-state index contributed by atoms with van der Waals surface area (Å²) in [4.78, 5) is 21.4. The SMILES string of the molecule is COc1ccc(S(=O)(=O)N[C@@H](CC(N)=O)C(=O)O)cc1Cl. The predicted molar refractivity (Wildman–Crippen MR) is 73.6 cm³/mol. The lowest BCUT2D eigenvalue weighted by atomic mass is 10.2. The Balaban J connectivity index is 3.07. The molecule has 1 amide bonds. The smallest absolute Gasteiger partial charge is 0.322 e. The summed E-state index contributed by atoms with van der Waals surface area (Å²) in [6, 6.07) is 1.96. The Morgan fingerprint density at radius 1 is 1.48 bits per heavy atom. The fraction of sp³-hybridized carbons (Fsp3) is 0.273. The summed E-state index contributed by atoms with van der Waals surface area (Å²) in [7, 11) is -2.81.